The molecule has 0 amide bonds. The first kappa shape index (κ1) is 60.9. The second-order valence-corrected chi connectivity index (χ2v) is 25.4. The van der Waals surface area contributed by atoms with Gasteiger partial charge in [0.15, 0.2) is 8.32 Å². The summed E-state index contributed by atoms with van der Waals surface area (Å²) in [5.41, 5.74) is 0. The summed E-state index contributed by atoms with van der Waals surface area (Å²) in [5.74, 6) is 0. The minimum absolute atomic E-state index is 0.0513. The van der Waals surface area contributed by atoms with Gasteiger partial charge in [-0.2, -0.15) is 0 Å². The third kappa shape index (κ3) is 28.2. The average molecular weight is 949 g/mol. The van der Waals surface area contributed by atoms with Crippen LogP contribution in [0.2, 0.25) is 18.1 Å². The number of hydrogen-bond donors (Lipinski definition) is 1. The van der Waals surface area contributed by atoms with Crippen molar-refractivity contribution in [3.8, 4) is 0 Å². The van der Waals surface area contributed by atoms with Crippen molar-refractivity contribution in [1.29, 1.82) is 0 Å². The van der Waals surface area contributed by atoms with Crippen LogP contribution in [-0.4, -0.2) is 131 Å². The van der Waals surface area contributed by atoms with Gasteiger partial charge in [-0.05, 0) is 95.2 Å². The Morgan fingerprint density at radius 2 is 0.800 bits per heavy atom. The fourth-order valence-electron chi connectivity index (χ4n) is 9.22. The lowest BCUT2D eigenvalue weighted by atomic mass is 10.00. The zero-order chi connectivity index (χ0) is 47.4. The van der Waals surface area contributed by atoms with E-state index in [1.54, 1.807) is 28.4 Å². The molecule has 0 aromatic carbocycles. The number of hydrogen-bond acceptors (Lipinski definition) is 12. The predicted molar refractivity (Wildman–Crippen MR) is 264 cm³/mol. The monoisotopic (exact) mass is 949 g/mol. The number of unbranched alkanes of at least 4 members (excludes halogenated alkanes) is 14. The lowest BCUT2D eigenvalue weighted by Crippen LogP contribution is -2.41. The van der Waals surface area contributed by atoms with Crippen molar-refractivity contribution in [3.63, 3.8) is 0 Å². The first-order chi connectivity index (χ1) is 31.5. The molecule has 0 spiro atoms. The predicted octanol–water partition coefficient (Wildman–Crippen LogP) is 12.4. The zero-order valence-electron chi connectivity index (χ0n) is 43.6. The molecule has 388 valence electrons. The van der Waals surface area contributed by atoms with E-state index in [1.165, 1.54) is 89.9 Å². The van der Waals surface area contributed by atoms with Gasteiger partial charge in [0.05, 0.1) is 48.8 Å². The van der Waals surface area contributed by atoms with E-state index in [9.17, 15) is 0 Å². The summed E-state index contributed by atoms with van der Waals surface area (Å²) in [6.45, 7) is 13.9. The Balaban J connectivity index is 1.62. The van der Waals surface area contributed by atoms with E-state index >= 15 is 0 Å². The van der Waals surface area contributed by atoms with Gasteiger partial charge in [-0.3, -0.25) is 0 Å². The maximum Gasteiger partial charge on any atom is 0.191 e. The quantitative estimate of drug-likeness (QED) is 0.0355. The smallest absolute Gasteiger partial charge is 0.191 e. The molecule has 0 radical (unpaired) electrons. The van der Waals surface area contributed by atoms with Crippen LogP contribution in [-0.2, 0) is 51.8 Å². The Kier molecular flexibility index (Phi) is 36.0. The lowest BCUT2D eigenvalue weighted by Gasteiger charge is -2.36. The van der Waals surface area contributed by atoms with Gasteiger partial charge in [0.1, 0.15) is 27.2 Å². The Bertz CT molecular complexity index is 1060. The molecule has 13 heteroatoms. The molecule has 2 fully saturated rings. The van der Waals surface area contributed by atoms with Crippen LogP contribution in [0.1, 0.15) is 201 Å². The number of methoxy groups -OCH3 is 4. The van der Waals surface area contributed by atoms with Crippen LogP contribution < -0.4 is 0 Å². The Hall–Kier alpha value is -0.263. The van der Waals surface area contributed by atoms with E-state index in [0.29, 0.717) is 27.2 Å². The third-order valence-electron chi connectivity index (χ3n) is 14.2. The fraction of sp³-hybridized carbons (Fsp3) is 1.00. The van der Waals surface area contributed by atoms with Crippen molar-refractivity contribution in [3.05, 3.63) is 0 Å². The zero-order valence-corrected chi connectivity index (χ0v) is 44.6. The van der Waals surface area contributed by atoms with Gasteiger partial charge in [0.25, 0.3) is 0 Å². The largest absolute Gasteiger partial charge is 0.417 e. The maximum absolute atomic E-state index is 9.17. The molecule has 2 aliphatic rings. The molecule has 2 saturated heterocycles. The van der Waals surface area contributed by atoms with Gasteiger partial charge in [-0.25, -0.2) is 0 Å². The summed E-state index contributed by atoms with van der Waals surface area (Å²) in [6.07, 6.45) is 32.7. The second-order valence-electron chi connectivity index (χ2n) is 20.6. The summed E-state index contributed by atoms with van der Waals surface area (Å²) in [7, 11) is 5.06. The third-order valence-corrected chi connectivity index (χ3v) is 18.7. The molecule has 1 N–H and O–H groups in total. The number of aliphatic hydroxyl groups is 1. The Morgan fingerprint density at radius 1 is 0.462 bits per heavy atom. The number of rotatable bonds is 45. The van der Waals surface area contributed by atoms with Crippen LogP contribution in [0.15, 0.2) is 0 Å². The topological polar surface area (TPSA) is 122 Å². The standard InChI is InChI=1S/C52H104O12Si/c1-52(2,3)65(8,9)62-39-27-31-45(59-41-55-5)29-23-19-15-11-13-17-21-25-33-47(61-43-57-7)49-35-37-51(64-49)50-36-34-48(63-50)46(60-42-56-6)32-24-20-16-12-10-14-18-22-28-44(30-26-38-53)58-40-54-4/h44-51,53H,10-43H2,1-9H3/t44-,45-,46-,47-,48-,49-,50-,51-/m1/s1. The van der Waals surface area contributed by atoms with Crippen molar-refractivity contribution in [2.45, 2.75) is 268 Å². The summed E-state index contributed by atoms with van der Waals surface area (Å²) < 4.78 is 65.1. The van der Waals surface area contributed by atoms with E-state index in [2.05, 4.69) is 33.9 Å². The number of aliphatic hydroxyl groups excluding tert-OH is 1. The summed E-state index contributed by atoms with van der Waals surface area (Å²) in [5, 5.41) is 9.41. The van der Waals surface area contributed by atoms with Crippen LogP contribution in [0.3, 0.4) is 0 Å². The van der Waals surface area contributed by atoms with Crippen molar-refractivity contribution in [2.24, 2.45) is 0 Å². The minimum Gasteiger partial charge on any atom is -0.417 e. The summed E-state index contributed by atoms with van der Waals surface area (Å²) >= 11 is 0. The van der Waals surface area contributed by atoms with Gasteiger partial charge in [-0.15, -0.1) is 0 Å². The molecule has 2 rings (SSSR count). The van der Waals surface area contributed by atoms with E-state index in [0.717, 1.165) is 96.5 Å². The highest BCUT2D eigenvalue weighted by Gasteiger charge is 2.42. The van der Waals surface area contributed by atoms with Gasteiger partial charge in [0, 0.05) is 41.7 Å². The molecule has 2 aliphatic heterocycles. The molecule has 65 heavy (non-hydrogen) atoms. The van der Waals surface area contributed by atoms with Gasteiger partial charge in [0.2, 0.25) is 0 Å². The van der Waals surface area contributed by atoms with E-state index < -0.39 is 8.32 Å². The van der Waals surface area contributed by atoms with Crippen molar-refractivity contribution >= 4 is 8.32 Å². The molecule has 0 aromatic heterocycles. The van der Waals surface area contributed by atoms with E-state index in [1.807, 2.05) is 0 Å². The molecular formula is C52H104O12Si. The molecule has 2 heterocycles. The van der Waals surface area contributed by atoms with Crippen LogP contribution >= 0.6 is 0 Å². The molecule has 0 bridgehead atoms. The lowest BCUT2D eigenvalue weighted by molar-refractivity contribution is -0.158. The second kappa shape index (κ2) is 38.5. The van der Waals surface area contributed by atoms with Crippen LogP contribution in [0.4, 0.5) is 0 Å². The molecular weight excluding hydrogens is 845 g/mol. The fourth-order valence-corrected chi connectivity index (χ4v) is 10.3. The van der Waals surface area contributed by atoms with Crippen LogP contribution in [0.25, 0.3) is 0 Å². The average Bonchev–Trinajstić information content (AvgIpc) is 3.99. The molecule has 0 unspecified atom stereocenters. The molecule has 0 aliphatic carbocycles. The van der Waals surface area contributed by atoms with Gasteiger partial charge < -0.3 is 56.9 Å². The van der Waals surface area contributed by atoms with E-state index in [4.69, 9.17) is 56.9 Å². The maximum atomic E-state index is 9.17. The highest BCUT2D eigenvalue weighted by atomic mass is 28.4. The first-order valence-corrected chi connectivity index (χ1v) is 29.4. The summed E-state index contributed by atoms with van der Waals surface area (Å²) in [4.78, 5) is 0. The SMILES string of the molecule is COCO[C@H](CCCCCCCCCC[C@@H](OCOC)[C@H]1CC[C@H]([C@H]2CC[C@H]([C@@H](CCCCCCCCCC[C@H](CCCO)OCOC)OCOC)O2)O1)CCCO[Si](C)(C)C(C)(C)C. The first-order valence-electron chi connectivity index (χ1n) is 26.5. The molecule has 0 saturated carbocycles. The summed E-state index contributed by atoms with van der Waals surface area (Å²) in [6, 6.07) is 0. The highest BCUT2D eigenvalue weighted by Crippen LogP contribution is 2.38. The van der Waals surface area contributed by atoms with Crippen LogP contribution in [0.5, 0.6) is 0 Å². The van der Waals surface area contributed by atoms with Crippen molar-refractivity contribution in [2.75, 3.05) is 68.8 Å². The molecule has 12 nitrogen and oxygen atoms in total. The van der Waals surface area contributed by atoms with Crippen molar-refractivity contribution < 1.29 is 56.9 Å². The van der Waals surface area contributed by atoms with Crippen LogP contribution in [0, 0.1) is 0 Å². The molecule has 8 atom stereocenters. The van der Waals surface area contributed by atoms with Gasteiger partial charge in [-0.1, -0.05) is 124 Å². The normalized spacial score (nSPS) is 21.3. The van der Waals surface area contributed by atoms with Crippen molar-refractivity contribution in [1.82, 2.24) is 0 Å². The van der Waals surface area contributed by atoms with E-state index in [-0.39, 0.29) is 60.5 Å². The Labute approximate surface area is 400 Å². The Morgan fingerprint density at radius 3 is 1.17 bits per heavy atom. The minimum atomic E-state index is -1.70. The van der Waals surface area contributed by atoms with Gasteiger partial charge >= 0.3 is 0 Å². The highest BCUT2D eigenvalue weighted by molar-refractivity contribution is 6.74. The number of ether oxygens (including phenoxy) is 10. The molecule has 0 aromatic rings.